The van der Waals surface area contributed by atoms with Crippen molar-refractivity contribution < 1.29 is 14.3 Å². The largest absolute Gasteiger partial charge is 0.491 e. The van der Waals surface area contributed by atoms with E-state index in [4.69, 9.17) is 9.47 Å². The van der Waals surface area contributed by atoms with Gasteiger partial charge in [0.1, 0.15) is 5.69 Å². The summed E-state index contributed by atoms with van der Waals surface area (Å²) in [6.45, 7) is 10.2. The number of carbonyl (C=O) groups is 1. The van der Waals surface area contributed by atoms with Gasteiger partial charge in [0.25, 0.3) is 0 Å². The molecule has 0 saturated carbocycles. The van der Waals surface area contributed by atoms with Gasteiger partial charge in [-0.2, -0.15) is 0 Å². The number of hydrogen-bond donors (Lipinski definition) is 0. The van der Waals surface area contributed by atoms with E-state index in [1.807, 2.05) is 20.8 Å². The number of ketones is 1. The van der Waals surface area contributed by atoms with E-state index >= 15 is 0 Å². The fraction of sp³-hybridized carbons (Fsp3) is 0.529. The number of Topliss-reactive ketones (excluding diaryl/α,β-unsaturated/α-hetero) is 1. The van der Waals surface area contributed by atoms with Crippen molar-refractivity contribution in [3.05, 3.63) is 39.2 Å². The maximum atomic E-state index is 13.0. The molecule has 0 amide bonds. The second-order valence-electron chi connectivity index (χ2n) is 4.99. The highest BCUT2D eigenvalue weighted by molar-refractivity contribution is 9.10. The van der Waals surface area contributed by atoms with Gasteiger partial charge in [0.2, 0.25) is 5.43 Å². The summed E-state index contributed by atoms with van der Waals surface area (Å²) in [6.07, 6.45) is 3.44. The van der Waals surface area contributed by atoms with Gasteiger partial charge in [-0.15, -0.1) is 6.58 Å². The highest BCUT2D eigenvalue weighted by Crippen LogP contribution is 2.40. The zero-order valence-corrected chi connectivity index (χ0v) is 15.9. The third kappa shape index (κ3) is 3.02. The lowest BCUT2D eigenvalue weighted by Gasteiger charge is -2.40. The molecule has 2 heterocycles. The first kappa shape index (κ1) is 19.6. The van der Waals surface area contributed by atoms with Crippen LogP contribution in [-0.4, -0.2) is 30.7 Å². The van der Waals surface area contributed by atoms with Crippen molar-refractivity contribution in [3.63, 3.8) is 0 Å². The molecule has 23 heavy (non-hydrogen) atoms. The predicted molar refractivity (Wildman–Crippen MR) is 94.4 cm³/mol. The van der Waals surface area contributed by atoms with Gasteiger partial charge in [-0.3, -0.25) is 9.59 Å². The molecule has 6 heteroatoms. The Morgan fingerprint density at radius 1 is 1.43 bits per heavy atom. The molecule has 128 valence electrons. The number of pyridine rings is 1. The van der Waals surface area contributed by atoms with E-state index in [1.165, 1.54) is 7.11 Å². The van der Waals surface area contributed by atoms with Crippen LogP contribution in [0.5, 0.6) is 5.75 Å². The number of carbonyl (C=O) groups excluding carboxylic acids is 1. The summed E-state index contributed by atoms with van der Waals surface area (Å²) in [5.74, 6) is -0.136. The topological polar surface area (TPSA) is 57.5 Å². The van der Waals surface area contributed by atoms with Crippen molar-refractivity contribution in [2.24, 2.45) is 5.41 Å². The number of hydrogen-bond acceptors (Lipinski definition) is 4. The lowest BCUT2D eigenvalue weighted by molar-refractivity contribution is -0.00406. The molecule has 1 aromatic heterocycles. The zero-order chi connectivity index (χ0) is 17.8. The Morgan fingerprint density at radius 2 is 2.04 bits per heavy atom. The average molecular weight is 386 g/mol. The predicted octanol–water partition coefficient (Wildman–Crippen LogP) is 3.44. The van der Waals surface area contributed by atoms with Crippen LogP contribution in [0.25, 0.3) is 0 Å². The number of methoxy groups -OCH3 is 2. The molecule has 2 unspecified atom stereocenters. The Morgan fingerprint density at radius 3 is 2.48 bits per heavy atom. The van der Waals surface area contributed by atoms with Gasteiger partial charge in [0, 0.05) is 13.3 Å². The summed E-state index contributed by atoms with van der Waals surface area (Å²) in [6, 6.07) is 0. The van der Waals surface area contributed by atoms with E-state index in [0.29, 0.717) is 17.4 Å². The first-order valence-corrected chi connectivity index (χ1v) is 8.44. The van der Waals surface area contributed by atoms with Gasteiger partial charge in [-0.25, -0.2) is 0 Å². The van der Waals surface area contributed by atoms with Crippen molar-refractivity contribution in [1.29, 1.82) is 0 Å². The van der Waals surface area contributed by atoms with Crippen LogP contribution in [0.15, 0.2) is 28.1 Å². The standard InChI is InChI=1S/C15H18BrNO4.C2H6/c1-5-15(6-2)10(20-3)8-17-7-9(16)12(18)13(21-4)11(17)14(15)19;1-2/h5,7,10H,1,6,8H2,2-4H3;1-2H3. The maximum absolute atomic E-state index is 13.0. The maximum Gasteiger partial charge on any atom is 0.238 e. The van der Waals surface area contributed by atoms with Crippen LogP contribution in [0.1, 0.15) is 37.7 Å². The average Bonchev–Trinajstić information content (AvgIpc) is 2.58. The number of fused-ring (bicyclic) bond motifs is 1. The van der Waals surface area contributed by atoms with Gasteiger partial charge < -0.3 is 14.0 Å². The van der Waals surface area contributed by atoms with Gasteiger partial charge >= 0.3 is 0 Å². The number of nitrogens with zero attached hydrogens (tertiary/aromatic N) is 1. The van der Waals surface area contributed by atoms with Crippen LogP contribution in [0, 0.1) is 5.41 Å². The molecule has 0 radical (unpaired) electrons. The summed E-state index contributed by atoms with van der Waals surface area (Å²) >= 11 is 3.20. The molecule has 1 aliphatic rings. The van der Waals surface area contributed by atoms with Gasteiger partial charge in [-0.1, -0.05) is 26.8 Å². The highest BCUT2D eigenvalue weighted by Gasteiger charge is 2.48. The Kier molecular flexibility index (Phi) is 6.77. The molecular formula is C17H24BrNO4. The van der Waals surface area contributed by atoms with E-state index < -0.39 is 5.41 Å². The van der Waals surface area contributed by atoms with E-state index in [1.54, 1.807) is 23.9 Å². The van der Waals surface area contributed by atoms with Gasteiger partial charge in [-0.05, 0) is 22.4 Å². The molecule has 0 bridgehead atoms. The molecule has 1 aromatic rings. The molecule has 0 saturated heterocycles. The smallest absolute Gasteiger partial charge is 0.238 e. The van der Waals surface area contributed by atoms with Crippen molar-refractivity contribution in [2.45, 2.75) is 39.8 Å². The Balaban J connectivity index is 0.00000127. The van der Waals surface area contributed by atoms with E-state index in [0.717, 1.165) is 0 Å². The summed E-state index contributed by atoms with van der Waals surface area (Å²) in [4.78, 5) is 25.2. The first-order valence-electron chi connectivity index (χ1n) is 7.64. The third-order valence-corrected chi connectivity index (χ3v) is 4.77. The van der Waals surface area contributed by atoms with E-state index in [9.17, 15) is 9.59 Å². The minimum Gasteiger partial charge on any atom is -0.491 e. The molecular weight excluding hydrogens is 362 g/mol. The van der Waals surface area contributed by atoms with Crippen LogP contribution in [0.3, 0.4) is 0 Å². The highest BCUT2D eigenvalue weighted by atomic mass is 79.9. The van der Waals surface area contributed by atoms with Crippen LogP contribution in [-0.2, 0) is 11.3 Å². The molecule has 0 fully saturated rings. The van der Waals surface area contributed by atoms with Crippen molar-refractivity contribution >= 4 is 21.7 Å². The number of aromatic nitrogens is 1. The number of halogens is 1. The van der Waals surface area contributed by atoms with Crippen molar-refractivity contribution in [3.8, 4) is 5.75 Å². The molecule has 1 aliphatic heterocycles. The summed E-state index contributed by atoms with van der Waals surface area (Å²) in [5, 5.41) is 0. The quantitative estimate of drug-likeness (QED) is 0.744. The van der Waals surface area contributed by atoms with Crippen molar-refractivity contribution in [2.75, 3.05) is 14.2 Å². The normalized spacial score (nSPS) is 22.7. The Labute approximate surface area is 145 Å². The van der Waals surface area contributed by atoms with Crippen molar-refractivity contribution in [1.82, 2.24) is 4.57 Å². The second-order valence-corrected chi connectivity index (χ2v) is 5.85. The molecule has 2 atom stereocenters. The van der Waals surface area contributed by atoms with Gasteiger partial charge in [0.05, 0.1) is 29.6 Å². The monoisotopic (exact) mass is 385 g/mol. The SMILES string of the molecule is C=CC1(CC)C(=O)c2c(OC)c(=O)c(Br)cn2CC1OC.CC. The van der Waals surface area contributed by atoms with Crippen LogP contribution >= 0.6 is 15.9 Å². The third-order valence-electron chi connectivity index (χ3n) is 4.21. The summed E-state index contributed by atoms with van der Waals surface area (Å²) in [5.41, 5.74) is -0.898. The van der Waals surface area contributed by atoms with Crippen LogP contribution < -0.4 is 10.2 Å². The summed E-state index contributed by atoms with van der Waals surface area (Å²) < 4.78 is 12.8. The van der Waals surface area contributed by atoms with Gasteiger partial charge in [0.15, 0.2) is 11.5 Å². The minimum atomic E-state index is -0.845. The minimum absolute atomic E-state index is 0.0589. The molecule has 0 spiro atoms. The lowest BCUT2D eigenvalue weighted by Crippen LogP contribution is -2.50. The molecule has 0 aliphatic carbocycles. The molecule has 0 aromatic carbocycles. The lowest BCUT2D eigenvalue weighted by atomic mass is 9.72. The van der Waals surface area contributed by atoms with E-state index in [2.05, 4.69) is 22.5 Å². The van der Waals surface area contributed by atoms with Crippen LogP contribution in [0.4, 0.5) is 0 Å². The molecule has 5 nitrogen and oxygen atoms in total. The summed E-state index contributed by atoms with van der Waals surface area (Å²) in [7, 11) is 2.97. The number of rotatable bonds is 4. The van der Waals surface area contributed by atoms with Crippen LogP contribution in [0.2, 0.25) is 0 Å². The van der Waals surface area contributed by atoms with E-state index in [-0.39, 0.29) is 28.8 Å². The Hall–Kier alpha value is -1.40. The molecule has 2 rings (SSSR count). The zero-order valence-electron chi connectivity index (χ0n) is 14.3. The molecule has 0 N–H and O–H groups in total. The fourth-order valence-electron chi connectivity index (χ4n) is 2.92. The fourth-order valence-corrected chi connectivity index (χ4v) is 3.35. The second kappa shape index (κ2) is 7.93. The Bertz CT molecular complexity index is 653. The first-order chi connectivity index (χ1) is 11.0. The number of ether oxygens (including phenoxy) is 2.